The number of hydrogen-bond donors (Lipinski definition) is 3. The van der Waals surface area contributed by atoms with Gasteiger partial charge in [-0.3, -0.25) is 4.79 Å². The third-order valence-electron chi connectivity index (χ3n) is 3.73. The molecule has 3 N–H and O–H groups in total. The summed E-state index contributed by atoms with van der Waals surface area (Å²) in [6.45, 7) is 0. The van der Waals surface area contributed by atoms with Gasteiger partial charge in [-0.05, 0) is 35.7 Å². The predicted octanol–water partition coefficient (Wildman–Crippen LogP) is 3.02. The Bertz CT molecular complexity index is 962. The lowest BCUT2D eigenvalue weighted by molar-refractivity contribution is 0.0956. The van der Waals surface area contributed by atoms with Crippen LogP contribution in [0.4, 0.5) is 0 Å². The molecule has 0 heterocycles. The molecule has 0 unspecified atom stereocenters. The molecule has 0 spiro atoms. The average Bonchev–Trinajstić information content (AvgIpc) is 2.63. The zero-order valence-corrected chi connectivity index (χ0v) is 13.4. The number of nitrogens with one attached hydrogen (secondary N) is 1. The van der Waals surface area contributed by atoms with Gasteiger partial charge in [0.05, 0.1) is 18.9 Å². The quantitative estimate of drug-likeness (QED) is 0.504. The molecule has 0 atom stereocenters. The minimum Gasteiger partial charge on any atom is -0.507 e. The Morgan fingerprint density at radius 3 is 2.60 bits per heavy atom. The van der Waals surface area contributed by atoms with E-state index in [2.05, 4.69) is 10.5 Å². The van der Waals surface area contributed by atoms with Gasteiger partial charge < -0.3 is 14.9 Å². The Kier molecular flexibility index (Phi) is 4.52. The highest BCUT2D eigenvalue weighted by atomic mass is 16.5. The molecular weight excluding hydrogens is 320 g/mol. The predicted molar refractivity (Wildman–Crippen MR) is 95.3 cm³/mol. The smallest absolute Gasteiger partial charge is 0.272 e. The van der Waals surface area contributed by atoms with Crippen molar-refractivity contribution >= 4 is 22.9 Å². The van der Waals surface area contributed by atoms with Crippen molar-refractivity contribution < 1.29 is 19.7 Å². The number of ether oxygens (including phenoxy) is 1. The van der Waals surface area contributed by atoms with Crippen LogP contribution in [-0.2, 0) is 0 Å². The van der Waals surface area contributed by atoms with Crippen molar-refractivity contribution in [2.75, 3.05) is 7.11 Å². The van der Waals surface area contributed by atoms with E-state index in [1.54, 1.807) is 30.3 Å². The third-order valence-corrected chi connectivity index (χ3v) is 3.73. The molecule has 0 aliphatic heterocycles. The molecule has 6 heteroatoms. The van der Waals surface area contributed by atoms with Gasteiger partial charge in [0.2, 0.25) is 0 Å². The number of benzene rings is 3. The second-order valence-corrected chi connectivity index (χ2v) is 5.30. The van der Waals surface area contributed by atoms with Crippen LogP contribution in [0.25, 0.3) is 10.8 Å². The Hall–Kier alpha value is -3.54. The van der Waals surface area contributed by atoms with Gasteiger partial charge in [0.25, 0.3) is 5.91 Å². The number of methoxy groups -OCH3 is 1. The summed E-state index contributed by atoms with van der Waals surface area (Å²) >= 11 is 0. The van der Waals surface area contributed by atoms with Crippen LogP contribution in [0, 0.1) is 0 Å². The Morgan fingerprint density at radius 2 is 1.84 bits per heavy atom. The summed E-state index contributed by atoms with van der Waals surface area (Å²) in [5, 5.41) is 24.9. The molecule has 0 aliphatic carbocycles. The van der Waals surface area contributed by atoms with E-state index in [1.807, 2.05) is 12.1 Å². The summed E-state index contributed by atoms with van der Waals surface area (Å²) in [5.41, 5.74) is 3.11. The molecule has 6 nitrogen and oxygen atoms in total. The first-order chi connectivity index (χ1) is 12.1. The number of nitrogens with zero attached hydrogens (tertiary/aromatic N) is 1. The first-order valence-electron chi connectivity index (χ1n) is 7.51. The molecular formula is C19H16N2O4. The van der Waals surface area contributed by atoms with E-state index >= 15 is 0 Å². The second kappa shape index (κ2) is 6.92. The number of carbonyl (C=O) groups is 1. The van der Waals surface area contributed by atoms with Gasteiger partial charge in [-0.2, -0.15) is 5.10 Å². The van der Waals surface area contributed by atoms with Crippen LogP contribution in [0.15, 0.2) is 59.7 Å². The highest BCUT2D eigenvalue weighted by Crippen LogP contribution is 2.27. The van der Waals surface area contributed by atoms with E-state index in [1.165, 1.54) is 25.5 Å². The van der Waals surface area contributed by atoms with Gasteiger partial charge in [-0.25, -0.2) is 5.43 Å². The van der Waals surface area contributed by atoms with Crippen LogP contribution in [0.3, 0.4) is 0 Å². The molecule has 126 valence electrons. The Balaban J connectivity index is 1.84. The highest BCUT2D eigenvalue weighted by molar-refractivity contribution is 6.09. The van der Waals surface area contributed by atoms with Crippen LogP contribution in [-0.4, -0.2) is 29.4 Å². The maximum absolute atomic E-state index is 12.4. The van der Waals surface area contributed by atoms with E-state index in [4.69, 9.17) is 4.74 Å². The van der Waals surface area contributed by atoms with Gasteiger partial charge in [0.15, 0.2) is 0 Å². The molecule has 0 bridgehead atoms. The monoisotopic (exact) mass is 336 g/mol. The first-order valence-corrected chi connectivity index (χ1v) is 7.51. The zero-order valence-electron chi connectivity index (χ0n) is 13.4. The molecule has 25 heavy (non-hydrogen) atoms. The average molecular weight is 336 g/mol. The molecule has 0 saturated carbocycles. The van der Waals surface area contributed by atoms with Crippen LogP contribution >= 0.6 is 0 Å². The van der Waals surface area contributed by atoms with E-state index in [0.29, 0.717) is 22.3 Å². The number of phenolic OH excluding ortho intramolecular Hbond substituents is 2. The minimum absolute atomic E-state index is 0.0154. The highest BCUT2D eigenvalue weighted by Gasteiger charge is 2.12. The van der Waals surface area contributed by atoms with Crippen molar-refractivity contribution in [3.63, 3.8) is 0 Å². The lowest BCUT2D eigenvalue weighted by Crippen LogP contribution is -2.18. The first kappa shape index (κ1) is 16.3. The van der Waals surface area contributed by atoms with Gasteiger partial charge in [-0.15, -0.1) is 0 Å². The van der Waals surface area contributed by atoms with Crippen LogP contribution in [0.2, 0.25) is 0 Å². The van der Waals surface area contributed by atoms with E-state index in [9.17, 15) is 15.0 Å². The standard InChI is InChI=1S/C19H16N2O4/c1-25-14-8-9-16(22)13(10-14)11-20-21-19(24)15-6-2-4-12-5-3-7-17(23)18(12)15/h2-11,22-23H,1H3,(H,21,24). The minimum atomic E-state index is -0.467. The molecule has 3 aromatic rings. The van der Waals surface area contributed by atoms with E-state index in [-0.39, 0.29) is 11.5 Å². The fourth-order valence-corrected chi connectivity index (χ4v) is 2.49. The van der Waals surface area contributed by atoms with Crippen molar-refractivity contribution in [1.82, 2.24) is 5.43 Å². The van der Waals surface area contributed by atoms with Gasteiger partial charge in [-0.1, -0.05) is 24.3 Å². The molecule has 3 rings (SSSR count). The van der Waals surface area contributed by atoms with Gasteiger partial charge in [0.1, 0.15) is 17.2 Å². The molecule has 0 aromatic heterocycles. The summed E-state index contributed by atoms with van der Waals surface area (Å²) in [5.74, 6) is 0.134. The maximum Gasteiger partial charge on any atom is 0.272 e. The normalized spacial score (nSPS) is 10.9. The number of aromatic hydroxyl groups is 2. The molecule has 0 aliphatic rings. The topological polar surface area (TPSA) is 91.2 Å². The summed E-state index contributed by atoms with van der Waals surface area (Å²) in [6.07, 6.45) is 1.32. The third kappa shape index (κ3) is 3.37. The number of fused-ring (bicyclic) bond motifs is 1. The van der Waals surface area contributed by atoms with Crippen LogP contribution in [0.1, 0.15) is 15.9 Å². The number of carbonyl (C=O) groups excluding carboxylic acids is 1. The largest absolute Gasteiger partial charge is 0.507 e. The van der Waals surface area contributed by atoms with Crippen molar-refractivity contribution in [2.45, 2.75) is 0 Å². The summed E-state index contributed by atoms with van der Waals surface area (Å²) in [4.78, 5) is 12.4. The zero-order chi connectivity index (χ0) is 17.8. The molecule has 1 amide bonds. The molecule has 0 radical (unpaired) electrons. The Labute approximate surface area is 144 Å². The maximum atomic E-state index is 12.4. The van der Waals surface area contributed by atoms with Gasteiger partial charge >= 0.3 is 0 Å². The lowest BCUT2D eigenvalue weighted by atomic mass is 10.0. The van der Waals surface area contributed by atoms with Gasteiger partial charge in [0, 0.05) is 10.9 Å². The SMILES string of the molecule is COc1ccc(O)c(C=NNC(=O)c2cccc3cccc(O)c23)c1. The number of hydrazone groups is 1. The molecule has 3 aromatic carbocycles. The molecule has 0 fully saturated rings. The number of amides is 1. The Morgan fingerprint density at radius 1 is 1.08 bits per heavy atom. The lowest BCUT2D eigenvalue weighted by Gasteiger charge is -2.07. The summed E-state index contributed by atoms with van der Waals surface area (Å²) in [7, 11) is 1.52. The van der Waals surface area contributed by atoms with E-state index in [0.717, 1.165) is 5.39 Å². The van der Waals surface area contributed by atoms with Crippen molar-refractivity contribution in [3.8, 4) is 17.2 Å². The van der Waals surface area contributed by atoms with Crippen molar-refractivity contribution in [1.29, 1.82) is 0 Å². The summed E-state index contributed by atoms with van der Waals surface area (Å²) < 4.78 is 5.08. The summed E-state index contributed by atoms with van der Waals surface area (Å²) in [6, 6.07) is 14.9. The molecule has 0 saturated heterocycles. The van der Waals surface area contributed by atoms with E-state index < -0.39 is 5.91 Å². The van der Waals surface area contributed by atoms with Crippen LogP contribution < -0.4 is 10.2 Å². The fraction of sp³-hybridized carbons (Fsp3) is 0.0526. The number of rotatable bonds is 4. The fourth-order valence-electron chi connectivity index (χ4n) is 2.49. The van der Waals surface area contributed by atoms with Crippen molar-refractivity contribution in [3.05, 3.63) is 65.7 Å². The number of hydrogen-bond acceptors (Lipinski definition) is 5. The van der Waals surface area contributed by atoms with Crippen LogP contribution in [0.5, 0.6) is 17.2 Å². The second-order valence-electron chi connectivity index (χ2n) is 5.30. The van der Waals surface area contributed by atoms with Crippen molar-refractivity contribution in [2.24, 2.45) is 5.10 Å². The number of phenols is 2.